The van der Waals surface area contributed by atoms with E-state index in [2.05, 4.69) is 55.0 Å². The minimum absolute atomic E-state index is 0.565. The fraction of sp³-hybridized carbons (Fsp3) is 0.375. The second-order valence-electron chi connectivity index (χ2n) is 5.40. The molecule has 0 spiro atoms. The largest absolute Gasteiger partial charge is 0.384 e. The van der Waals surface area contributed by atoms with Gasteiger partial charge >= 0.3 is 0 Å². The Labute approximate surface area is 125 Å². The van der Waals surface area contributed by atoms with Gasteiger partial charge in [-0.3, -0.25) is 0 Å². The average molecular weight is 287 g/mol. The van der Waals surface area contributed by atoms with Gasteiger partial charge in [-0.05, 0) is 31.4 Å². The molecule has 0 fully saturated rings. The van der Waals surface area contributed by atoms with Gasteiger partial charge in [0.2, 0.25) is 0 Å². The van der Waals surface area contributed by atoms with Gasteiger partial charge in [-0.25, -0.2) is 9.97 Å². The number of nitrogen functional groups attached to an aromatic ring is 1. The second kappa shape index (κ2) is 6.75. The van der Waals surface area contributed by atoms with E-state index in [9.17, 15) is 0 Å². The second-order valence-corrected chi connectivity index (χ2v) is 6.45. The molecule has 0 saturated carbocycles. The van der Waals surface area contributed by atoms with Crippen molar-refractivity contribution < 1.29 is 0 Å². The van der Waals surface area contributed by atoms with Gasteiger partial charge in [0.15, 0.2) is 0 Å². The first-order valence-corrected chi connectivity index (χ1v) is 7.83. The Kier molecular flexibility index (Phi) is 5.01. The highest BCUT2D eigenvalue weighted by Crippen LogP contribution is 2.22. The van der Waals surface area contributed by atoms with Crippen molar-refractivity contribution in [1.82, 2.24) is 9.97 Å². The summed E-state index contributed by atoms with van der Waals surface area (Å²) in [6.45, 7) is 6.46. The van der Waals surface area contributed by atoms with E-state index in [4.69, 9.17) is 5.73 Å². The molecule has 106 valence electrons. The Bertz CT molecular complexity index is 582. The van der Waals surface area contributed by atoms with Gasteiger partial charge in [-0.15, -0.1) is 11.8 Å². The van der Waals surface area contributed by atoms with Crippen molar-refractivity contribution in [2.24, 2.45) is 5.92 Å². The van der Waals surface area contributed by atoms with Crippen LogP contribution >= 0.6 is 11.8 Å². The molecular formula is C16H21N3S. The Morgan fingerprint density at radius 2 is 2.00 bits per heavy atom. The molecule has 0 bridgehead atoms. The summed E-state index contributed by atoms with van der Waals surface area (Å²) < 4.78 is 0. The molecular weight excluding hydrogens is 266 g/mol. The van der Waals surface area contributed by atoms with Crippen molar-refractivity contribution in [3.05, 3.63) is 47.4 Å². The minimum atomic E-state index is 0.565. The van der Waals surface area contributed by atoms with Crippen molar-refractivity contribution in [3.8, 4) is 0 Å². The van der Waals surface area contributed by atoms with Crippen LogP contribution in [0.5, 0.6) is 0 Å². The highest BCUT2D eigenvalue weighted by atomic mass is 32.2. The zero-order chi connectivity index (χ0) is 14.5. The van der Waals surface area contributed by atoms with Crippen LogP contribution in [0.25, 0.3) is 0 Å². The first kappa shape index (κ1) is 14.9. The van der Waals surface area contributed by atoms with Gasteiger partial charge < -0.3 is 5.73 Å². The normalized spacial score (nSPS) is 11.0. The summed E-state index contributed by atoms with van der Waals surface area (Å²) in [5.41, 5.74) is 8.17. The third-order valence-corrected chi connectivity index (χ3v) is 3.81. The Balaban J connectivity index is 2.07. The predicted molar refractivity (Wildman–Crippen MR) is 85.7 cm³/mol. The van der Waals surface area contributed by atoms with Crippen molar-refractivity contribution in [1.29, 1.82) is 0 Å². The maximum absolute atomic E-state index is 5.87. The van der Waals surface area contributed by atoms with E-state index >= 15 is 0 Å². The lowest BCUT2D eigenvalue weighted by molar-refractivity contribution is 0.632. The van der Waals surface area contributed by atoms with E-state index in [1.165, 1.54) is 10.5 Å². The smallest absolute Gasteiger partial charge is 0.141 e. The molecule has 0 aliphatic carbocycles. The lowest BCUT2D eigenvalue weighted by atomic mass is 10.1. The van der Waals surface area contributed by atoms with Crippen LogP contribution in [-0.2, 0) is 12.2 Å². The van der Waals surface area contributed by atoms with E-state index in [-0.39, 0.29) is 0 Å². The maximum Gasteiger partial charge on any atom is 0.141 e. The predicted octanol–water partition coefficient (Wildman–Crippen LogP) is 3.86. The summed E-state index contributed by atoms with van der Waals surface area (Å²) in [6.07, 6.45) is 0.939. The lowest BCUT2D eigenvalue weighted by Crippen LogP contribution is -2.05. The number of anilines is 1. The Morgan fingerprint density at radius 3 is 2.70 bits per heavy atom. The fourth-order valence-electron chi connectivity index (χ4n) is 2.02. The SMILES string of the molecule is Cc1cccc(SCc2nc(N)cc(CC(C)C)n2)c1. The standard InChI is InChI=1S/C16H21N3S/c1-11(2)7-13-9-15(17)19-16(18-13)10-20-14-6-4-5-12(3)8-14/h4-6,8-9,11H,7,10H2,1-3H3,(H2,17,18,19). The van der Waals surface area contributed by atoms with Crippen molar-refractivity contribution in [3.63, 3.8) is 0 Å². The van der Waals surface area contributed by atoms with Crippen LogP contribution in [0.3, 0.4) is 0 Å². The van der Waals surface area contributed by atoms with Crippen LogP contribution in [-0.4, -0.2) is 9.97 Å². The number of thioether (sulfide) groups is 1. The quantitative estimate of drug-likeness (QED) is 0.848. The minimum Gasteiger partial charge on any atom is -0.384 e. The van der Waals surface area contributed by atoms with Crippen LogP contribution < -0.4 is 5.73 Å². The van der Waals surface area contributed by atoms with Gasteiger partial charge in [-0.1, -0.05) is 31.5 Å². The number of aryl methyl sites for hydroxylation is 1. The number of hydrogen-bond donors (Lipinski definition) is 1. The molecule has 20 heavy (non-hydrogen) atoms. The van der Waals surface area contributed by atoms with Crippen LogP contribution in [0.15, 0.2) is 35.2 Å². The first-order valence-electron chi connectivity index (χ1n) is 6.84. The first-order chi connectivity index (χ1) is 9.52. The summed E-state index contributed by atoms with van der Waals surface area (Å²) >= 11 is 1.74. The molecule has 2 rings (SSSR count). The maximum atomic E-state index is 5.87. The van der Waals surface area contributed by atoms with Gasteiger partial charge in [-0.2, -0.15) is 0 Å². The van der Waals surface area contributed by atoms with E-state index in [1.807, 2.05) is 6.07 Å². The van der Waals surface area contributed by atoms with Crippen molar-refractivity contribution >= 4 is 17.6 Å². The molecule has 1 heterocycles. The van der Waals surface area contributed by atoms with Crippen molar-refractivity contribution in [2.45, 2.75) is 37.8 Å². The van der Waals surface area contributed by atoms with Crippen LogP contribution in [0.2, 0.25) is 0 Å². The number of rotatable bonds is 5. The number of hydrogen-bond acceptors (Lipinski definition) is 4. The van der Waals surface area contributed by atoms with Crippen molar-refractivity contribution in [2.75, 3.05) is 5.73 Å². The molecule has 2 N–H and O–H groups in total. The van der Waals surface area contributed by atoms with Gasteiger partial charge in [0, 0.05) is 16.7 Å². The van der Waals surface area contributed by atoms with E-state index < -0.39 is 0 Å². The highest BCUT2D eigenvalue weighted by molar-refractivity contribution is 7.98. The summed E-state index contributed by atoms with van der Waals surface area (Å²) in [4.78, 5) is 10.2. The summed E-state index contributed by atoms with van der Waals surface area (Å²) in [7, 11) is 0. The topological polar surface area (TPSA) is 51.8 Å². The zero-order valence-corrected chi connectivity index (χ0v) is 13.1. The molecule has 0 atom stereocenters. The summed E-state index contributed by atoms with van der Waals surface area (Å²) in [5, 5.41) is 0. The van der Waals surface area contributed by atoms with Gasteiger partial charge in [0.25, 0.3) is 0 Å². The molecule has 3 nitrogen and oxygen atoms in total. The molecule has 1 aromatic carbocycles. The average Bonchev–Trinajstić information content (AvgIpc) is 2.35. The van der Waals surface area contributed by atoms with Gasteiger partial charge in [0.1, 0.15) is 11.6 Å². The molecule has 0 amide bonds. The highest BCUT2D eigenvalue weighted by Gasteiger charge is 2.06. The third-order valence-electron chi connectivity index (χ3n) is 2.82. The molecule has 1 aromatic heterocycles. The zero-order valence-electron chi connectivity index (χ0n) is 12.3. The fourth-order valence-corrected chi connectivity index (χ4v) is 2.88. The number of nitrogens with two attached hydrogens (primary N) is 1. The number of aromatic nitrogens is 2. The third kappa shape index (κ3) is 4.53. The molecule has 0 radical (unpaired) electrons. The molecule has 0 aliphatic rings. The van der Waals surface area contributed by atoms with E-state index in [1.54, 1.807) is 11.8 Å². The van der Waals surface area contributed by atoms with E-state index in [0.717, 1.165) is 23.7 Å². The molecule has 0 unspecified atom stereocenters. The van der Waals surface area contributed by atoms with Crippen LogP contribution in [0, 0.1) is 12.8 Å². The Morgan fingerprint density at radius 1 is 1.20 bits per heavy atom. The monoisotopic (exact) mass is 287 g/mol. The van der Waals surface area contributed by atoms with Gasteiger partial charge in [0.05, 0.1) is 5.75 Å². The lowest BCUT2D eigenvalue weighted by Gasteiger charge is -2.08. The van der Waals surface area contributed by atoms with Crippen LogP contribution in [0.1, 0.15) is 30.9 Å². The molecule has 2 aromatic rings. The molecule has 4 heteroatoms. The number of benzene rings is 1. The van der Waals surface area contributed by atoms with Crippen LogP contribution in [0.4, 0.5) is 5.82 Å². The summed E-state index contributed by atoms with van der Waals surface area (Å²) in [5.74, 6) is 2.70. The summed E-state index contributed by atoms with van der Waals surface area (Å²) in [6, 6.07) is 10.3. The number of nitrogens with zero attached hydrogens (tertiary/aromatic N) is 2. The molecule has 0 aliphatic heterocycles. The Hall–Kier alpha value is -1.55. The molecule has 0 saturated heterocycles. The van der Waals surface area contributed by atoms with E-state index in [0.29, 0.717) is 11.7 Å².